The number of para-hydroxylation sites is 1. The van der Waals surface area contributed by atoms with Crippen LogP contribution in [0.15, 0.2) is 24.3 Å². The molecule has 106 valence electrons. The van der Waals surface area contributed by atoms with E-state index >= 15 is 0 Å². The third kappa shape index (κ3) is 2.27. The molecule has 0 spiro atoms. The van der Waals surface area contributed by atoms with Gasteiger partial charge in [-0.3, -0.25) is 9.69 Å². The van der Waals surface area contributed by atoms with Crippen LogP contribution in [0.3, 0.4) is 0 Å². The Bertz CT molecular complexity index is 593. The van der Waals surface area contributed by atoms with E-state index in [9.17, 15) is 4.79 Å². The molecule has 1 fully saturated rings. The highest BCUT2D eigenvalue weighted by atomic mass is 32.1. The van der Waals surface area contributed by atoms with Gasteiger partial charge in [-0.2, -0.15) is 0 Å². The van der Waals surface area contributed by atoms with Crippen molar-refractivity contribution in [1.82, 2.24) is 9.88 Å². The summed E-state index contributed by atoms with van der Waals surface area (Å²) >= 11 is 1.64. The number of carbonyl (C=O) groups is 1. The highest BCUT2D eigenvalue weighted by Gasteiger charge is 2.42. The monoisotopic (exact) mass is 288 g/mol. The molecule has 1 heterocycles. The van der Waals surface area contributed by atoms with Crippen molar-refractivity contribution >= 4 is 27.3 Å². The molecule has 0 N–H and O–H groups in total. The average molecular weight is 288 g/mol. The van der Waals surface area contributed by atoms with Crippen LogP contribution in [0.5, 0.6) is 0 Å². The number of fused-ring (bicyclic) bond motifs is 1. The standard InChI is InChI=1S/C16H20N2OS/c1-18(2)16(9-5-6-10-16)14(19)11-15-17-12-7-3-4-8-13(12)20-15/h3-4,7-8H,5-6,9-11H2,1-2H3. The van der Waals surface area contributed by atoms with Gasteiger partial charge in [0.25, 0.3) is 0 Å². The molecule has 0 amide bonds. The Kier molecular flexibility index (Phi) is 3.61. The quantitative estimate of drug-likeness (QED) is 0.865. The second-order valence-corrected chi connectivity index (χ2v) is 6.92. The fourth-order valence-corrected chi connectivity index (χ4v) is 4.20. The first-order chi connectivity index (χ1) is 9.62. The maximum absolute atomic E-state index is 12.8. The van der Waals surface area contributed by atoms with Gasteiger partial charge in [0, 0.05) is 0 Å². The number of thiazole rings is 1. The lowest BCUT2D eigenvalue weighted by atomic mass is 9.89. The lowest BCUT2D eigenvalue weighted by Crippen LogP contribution is -2.49. The molecule has 1 aromatic carbocycles. The summed E-state index contributed by atoms with van der Waals surface area (Å²) in [6.07, 6.45) is 4.76. The van der Waals surface area contributed by atoms with E-state index in [1.165, 1.54) is 4.70 Å². The van der Waals surface area contributed by atoms with Gasteiger partial charge in [0.1, 0.15) is 5.01 Å². The van der Waals surface area contributed by atoms with Crippen LogP contribution in [0, 0.1) is 0 Å². The van der Waals surface area contributed by atoms with Crippen LogP contribution in [0.2, 0.25) is 0 Å². The third-order valence-corrected chi connectivity index (χ3v) is 5.49. The minimum atomic E-state index is -0.252. The van der Waals surface area contributed by atoms with Crippen LogP contribution >= 0.6 is 11.3 Å². The molecule has 0 unspecified atom stereocenters. The third-order valence-electron chi connectivity index (χ3n) is 4.46. The Morgan fingerprint density at radius 2 is 2.00 bits per heavy atom. The van der Waals surface area contributed by atoms with Crippen LogP contribution in [0.25, 0.3) is 10.2 Å². The van der Waals surface area contributed by atoms with Crippen molar-refractivity contribution in [2.45, 2.75) is 37.6 Å². The van der Waals surface area contributed by atoms with E-state index in [2.05, 4.69) is 16.0 Å². The Hall–Kier alpha value is -1.26. The molecule has 3 rings (SSSR count). The zero-order valence-electron chi connectivity index (χ0n) is 12.1. The summed E-state index contributed by atoms with van der Waals surface area (Å²) < 4.78 is 1.17. The maximum Gasteiger partial charge on any atom is 0.159 e. The van der Waals surface area contributed by atoms with E-state index in [0.29, 0.717) is 12.2 Å². The molecule has 3 nitrogen and oxygen atoms in total. The SMILES string of the molecule is CN(C)C1(C(=O)Cc2nc3ccccc3s2)CCCC1. The zero-order valence-corrected chi connectivity index (χ0v) is 12.9. The van der Waals surface area contributed by atoms with Crippen molar-refractivity contribution in [3.8, 4) is 0 Å². The number of benzene rings is 1. The topological polar surface area (TPSA) is 33.2 Å². The van der Waals surface area contributed by atoms with Crippen LogP contribution in [0.1, 0.15) is 30.7 Å². The Morgan fingerprint density at radius 3 is 2.65 bits per heavy atom. The van der Waals surface area contributed by atoms with Crippen molar-refractivity contribution in [2.75, 3.05) is 14.1 Å². The molecule has 4 heteroatoms. The number of hydrogen-bond acceptors (Lipinski definition) is 4. The first-order valence-corrected chi connectivity index (χ1v) is 7.99. The van der Waals surface area contributed by atoms with Gasteiger partial charge in [-0.05, 0) is 39.1 Å². The molecule has 20 heavy (non-hydrogen) atoms. The molecular formula is C16H20N2OS. The number of carbonyl (C=O) groups excluding carboxylic acids is 1. The minimum Gasteiger partial charge on any atom is -0.297 e. The van der Waals surface area contributed by atoms with Crippen LogP contribution < -0.4 is 0 Å². The maximum atomic E-state index is 12.8. The highest BCUT2D eigenvalue weighted by Crippen LogP contribution is 2.36. The largest absolute Gasteiger partial charge is 0.297 e. The number of rotatable bonds is 4. The van der Waals surface area contributed by atoms with Crippen LogP contribution in [0.4, 0.5) is 0 Å². The van der Waals surface area contributed by atoms with Crippen molar-refractivity contribution in [3.63, 3.8) is 0 Å². The van der Waals surface area contributed by atoms with Gasteiger partial charge in [0.2, 0.25) is 0 Å². The smallest absolute Gasteiger partial charge is 0.159 e. The molecule has 1 aliphatic rings. The Morgan fingerprint density at radius 1 is 1.30 bits per heavy atom. The first-order valence-electron chi connectivity index (χ1n) is 7.17. The molecule has 0 saturated heterocycles. The lowest BCUT2D eigenvalue weighted by molar-refractivity contribution is -0.128. The summed E-state index contributed by atoms with van der Waals surface area (Å²) in [5.41, 5.74) is 0.753. The summed E-state index contributed by atoms with van der Waals surface area (Å²) in [4.78, 5) is 19.5. The number of likely N-dealkylation sites (N-methyl/N-ethyl adjacent to an activating group) is 1. The normalized spacial score (nSPS) is 17.9. The number of nitrogens with zero attached hydrogens (tertiary/aromatic N) is 2. The predicted octanol–water partition coefficient (Wildman–Crippen LogP) is 3.28. The Balaban J connectivity index is 1.84. The van der Waals surface area contributed by atoms with Gasteiger partial charge in [0.15, 0.2) is 5.78 Å². The number of hydrogen-bond donors (Lipinski definition) is 0. The molecule has 1 saturated carbocycles. The van der Waals surface area contributed by atoms with Crippen LogP contribution in [-0.4, -0.2) is 35.3 Å². The van der Waals surface area contributed by atoms with Crippen LogP contribution in [-0.2, 0) is 11.2 Å². The number of Topliss-reactive ketones (excluding diaryl/α,β-unsaturated/α-hetero) is 1. The average Bonchev–Trinajstić information content (AvgIpc) is 3.05. The summed E-state index contributed by atoms with van der Waals surface area (Å²) in [5, 5.41) is 0.948. The fourth-order valence-electron chi connectivity index (χ4n) is 3.23. The van der Waals surface area contributed by atoms with Gasteiger partial charge in [-0.25, -0.2) is 4.98 Å². The van der Waals surface area contributed by atoms with Gasteiger partial charge in [0.05, 0.1) is 22.2 Å². The first kappa shape index (κ1) is 13.7. The summed E-state index contributed by atoms with van der Waals surface area (Å²) in [5.74, 6) is 0.332. The molecule has 0 atom stereocenters. The molecule has 0 bridgehead atoms. The molecule has 1 aliphatic carbocycles. The summed E-state index contributed by atoms with van der Waals surface area (Å²) in [7, 11) is 4.06. The highest BCUT2D eigenvalue weighted by molar-refractivity contribution is 7.18. The van der Waals surface area contributed by atoms with Crippen molar-refractivity contribution in [1.29, 1.82) is 0 Å². The second-order valence-electron chi connectivity index (χ2n) is 5.81. The van der Waals surface area contributed by atoms with E-state index in [-0.39, 0.29) is 5.54 Å². The van der Waals surface area contributed by atoms with Gasteiger partial charge >= 0.3 is 0 Å². The molecule has 0 aliphatic heterocycles. The predicted molar refractivity (Wildman–Crippen MR) is 83.2 cm³/mol. The van der Waals surface area contributed by atoms with Crippen molar-refractivity contribution < 1.29 is 4.79 Å². The molecular weight excluding hydrogens is 268 g/mol. The van der Waals surface area contributed by atoms with Crippen molar-refractivity contribution in [2.24, 2.45) is 0 Å². The molecule has 0 radical (unpaired) electrons. The number of aromatic nitrogens is 1. The molecule has 2 aromatic rings. The minimum absolute atomic E-state index is 0.252. The molecule has 1 aromatic heterocycles. The van der Waals surface area contributed by atoms with E-state index in [1.54, 1.807) is 11.3 Å². The van der Waals surface area contributed by atoms with Gasteiger partial charge in [-0.15, -0.1) is 11.3 Å². The van der Waals surface area contributed by atoms with Crippen molar-refractivity contribution in [3.05, 3.63) is 29.3 Å². The van der Waals surface area contributed by atoms with E-state index in [1.807, 2.05) is 32.3 Å². The summed E-state index contributed by atoms with van der Waals surface area (Å²) in [6, 6.07) is 8.09. The number of ketones is 1. The van der Waals surface area contributed by atoms with Gasteiger partial charge < -0.3 is 0 Å². The van der Waals surface area contributed by atoms with E-state index < -0.39 is 0 Å². The van der Waals surface area contributed by atoms with E-state index in [0.717, 1.165) is 36.2 Å². The lowest BCUT2D eigenvalue weighted by Gasteiger charge is -2.34. The zero-order chi connectivity index (χ0) is 14.2. The second kappa shape index (κ2) is 5.26. The van der Waals surface area contributed by atoms with Gasteiger partial charge in [-0.1, -0.05) is 25.0 Å². The fraction of sp³-hybridized carbons (Fsp3) is 0.500. The van der Waals surface area contributed by atoms with E-state index in [4.69, 9.17) is 0 Å². The Labute approximate surface area is 123 Å². The summed E-state index contributed by atoms with van der Waals surface area (Å²) in [6.45, 7) is 0.